The Bertz CT molecular complexity index is 584. The molecular weight excluding hydrogens is 298 g/mol. The van der Waals surface area contributed by atoms with Gasteiger partial charge in [0.25, 0.3) is 9.84 Å². The van der Waals surface area contributed by atoms with Crippen molar-refractivity contribution in [3.8, 4) is 0 Å². The minimum atomic E-state index is -5.61. The lowest BCUT2D eigenvalue weighted by atomic mass is 9.92. The Balaban J connectivity index is 3.51. The lowest BCUT2D eigenvalue weighted by Crippen LogP contribution is -2.29. The summed E-state index contributed by atoms with van der Waals surface area (Å²) in [4.78, 5) is -1.07. The highest BCUT2D eigenvalue weighted by Gasteiger charge is 2.48. The van der Waals surface area contributed by atoms with Gasteiger partial charge in [-0.1, -0.05) is 19.9 Å². The third kappa shape index (κ3) is 3.12. The highest BCUT2D eigenvalue weighted by molar-refractivity contribution is 7.92. The van der Waals surface area contributed by atoms with Gasteiger partial charge in [0.1, 0.15) is 5.82 Å². The Hall–Kier alpha value is -1.15. The van der Waals surface area contributed by atoms with Crippen LogP contribution in [0.1, 0.15) is 31.7 Å². The molecule has 1 aromatic carbocycles. The lowest BCUT2D eigenvalue weighted by molar-refractivity contribution is -0.0436. The molecule has 0 amide bonds. The van der Waals surface area contributed by atoms with Gasteiger partial charge < -0.3 is 5.73 Å². The summed E-state index contributed by atoms with van der Waals surface area (Å²) < 4.78 is 74.1. The number of hydrogen-bond donors (Lipinski definition) is 1. The van der Waals surface area contributed by atoms with Crippen LogP contribution >= 0.6 is 0 Å². The molecule has 0 fully saturated rings. The molecule has 1 rings (SSSR count). The van der Waals surface area contributed by atoms with Crippen LogP contribution in [0.3, 0.4) is 0 Å². The quantitative estimate of drug-likeness (QED) is 0.869. The predicted molar refractivity (Wildman–Crippen MR) is 66.3 cm³/mol. The first-order chi connectivity index (χ1) is 9.02. The van der Waals surface area contributed by atoms with E-state index in [2.05, 4.69) is 0 Å². The zero-order valence-electron chi connectivity index (χ0n) is 10.9. The Morgan fingerprint density at radius 3 is 2.30 bits per heavy atom. The molecule has 0 aliphatic carbocycles. The molecule has 114 valence electrons. The number of benzene rings is 1. The molecule has 0 spiro atoms. The molecule has 0 saturated carbocycles. The topological polar surface area (TPSA) is 60.2 Å². The SMILES string of the molecule is CCC(N)C(C)c1ccc(F)cc1S(=O)(=O)C(F)(F)F. The first-order valence-corrected chi connectivity index (χ1v) is 7.37. The van der Waals surface area contributed by atoms with Crippen LogP contribution in [0.15, 0.2) is 23.1 Å². The number of rotatable bonds is 4. The molecule has 0 aliphatic heterocycles. The largest absolute Gasteiger partial charge is 0.501 e. The van der Waals surface area contributed by atoms with Gasteiger partial charge in [0, 0.05) is 6.04 Å². The molecule has 3 nitrogen and oxygen atoms in total. The van der Waals surface area contributed by atoms with E-state index < -0.39 is 38.0 Å². The Labute approximate surface area is 114 Å². The van der Waals surface area contributed by atoms with Crippen LogP contribution in [0.2, 0.25) is 0 Å². The molecule has 0 heterocycles. The van der Waals surface area contributed by atoms with Crippen LogP contribution in [0.25, 0.3) is 0 Å². The second-order valence-electron chi connectivity index (χ2n) is 4.49. The molecule has 8 heteroatoms. The normalized spacial score (nSPS) is 15.9. The van der Waals surface area contributed by atoms with Crippen molar-refractivity contribution in [1.29, 1.82) is 0 Å². The highest BCUT2D eigenvalue weighted by atomic mass is 32.2. The van der Waals surface area contributed by atoms with Crippen LogP contribution in [0.4, 0.5) is 17.6 Å². The van der Waals surface area contributed by atoms with Crippen molar-refractivity contribution in [2.24, 2.45) is 5.73 Å². The maximum Gasteiger partial charge on any atom is 0.501 e. The van der Waals surface area contributed by atoms with E-state index >= 15 is 0 Å². The van der Waals surface area contributed by atoms with E-state index in [-0.39, 0.29) is 5.56 Å². The smallest absolute Gasteiger partial charge is 0.327 e. The van der Waals surface area contributed by atoms with E-state index in [0.29, 0.717) is 12.5 Å². The minimum absolute atomic E-state index is 0.127. The molecule has 0 saturated heterocycles. The van der Waals surface area contributed by atoms with Crippen LogP contribution in [0.5, 0.6) is 0 Å². The van der Waals surface area contributed by atoms with Crippen LogP contribution in [-0.2, 0) is 9.84 Å². The van der Waals surface area contributed by atoms with Gasteiger partial charge in [-0.3, -0.25) is 0 Å². The third-order valence-corrected chi connectivity index (χ3v) is 4.72. The van der Waals surface area contributed by atoms with Crippen LogP contribution in [0, 0.1) is 5.82 Å². The molecule has 1 aromatic rings. The molecular formula is C12H15F4NO2S. The van der Waals surface area contributed by atoms with Gasteiger partial charge in [0.05, 0.1) is 4.90 Å². The number of halogens is 4. The van der Waals surface area contributed by atoms with Crippen LogP contribution < -0.4 is 5.73 Å². The van der Waals surface area contributed by atoms with Gasteiger partial charge in [-0.05, 0) is 30.0 Å². The van der Waals surface area contributed by atoms with Gasteiger partial charge >= 0.3 is 5.51 Å². The van der Waals surface area contributed by atoms with Gasteiger partial charge in [-0.15, -0.1) is 0 Å². The van der Waals surface area contributed by atoms with Crippen molar-refractivity contribution in [1.82, 2.24) is 0 Å². The first-order valence-electron chi connectivity index (χ1n) is 5.88. The lowest BCUT2D eigenvalue weighted by Gasteiger charge is -2.22. The maximum atomic E-state index is 13.1. The van der Waals surface area contributed by atoms with Crippen LogP contribution in [-0.4, -0.2) is 20.0 Å². The maximum absolute atomic E-state index is 13.1. The zero-order chi connectivity index (χ0) is 15.7. The van der Waals surface area contributed by atoms with Crippen molar-refractivity contribution >= 4 is 9.84 Å². The highest BCUT2D eigenvalue weighted by Crippen LogP contribution is 2.36. The fourth-order valence-electron chi connectivity index (χ4n) is 1.83. The average molecular weight is 313 g/mol. The van der Waals surface area contributed by atoms with Gasteiger partial charge in [-0.2, -0.15) is 13.2 Å². The number of alkyl halides is 3. The van der Waals surface area contributed by atoms with Crippen molar-refractivity contribution in [3.63, 3.8) is 0 Å². The molecule has 2 N–H and O–H groups in total. The van der Waals surface area contributed by atoms with E-state index in [4.69, 9.17) is 5.73 Å². The molecule has 2 unspecified atom stereocenters. The second-order valence-corrected chi connectivity index (χ2v) is 6.40. The standard InChI is InChI=1S/C12H15F4NO2S/c1-3-10(17)7(2)9-5-4-8(13)6-11(9)20(18,19)12(14,15)16/h4-7,10H,3,17H2,1-2H3. The van der Waals surface area contributed by atoms with Crippen molar-refractivity contribution in [2.45, 2.75) is 42.6 Å². The molecule has 2 atom stereocenters. The molecule has 20 heavy (non-hydrogen) atoms. The Morgan fingerprint density at radius 1 is 1.30 bits per heavy atom. The van der Waals surface area contributed by atoms with Gasteiger partial charge in [-0.25, -0.2) is 12.8 Å². The number of nitrogens with two attached hydrogens (primary N) is 1. The summed E-state index contributed by atoms with van der Waals surface area (Å²) in [7, 11) is -5.61. The van der Waals surface area contributed by atoms with E-state index in [1.54, 1.807) is 6.92 Å². The fraction of sp³-hybridized carbons (Fsp3) is 0.500. The Kier molecular flexibility index (Phi) is 4.81. The molecule has 0 bridgehead atoms. The molecule has 0 aliphatic rings. The third-order valence-electron chi connectivity index (χ3n) is 3.17. The van der Waals surface area contributed by atoms with Crippen molar-refractivity contribution < 1.29 is 26.0 Å². The van der Waals surface area contributed by atoms with Gasteiger partial charge in [0.15, 0.2) is 0 Å². The minimum Gasteiger partial charge on any atom is -0.327 e. The van der Waals surface area contributed by atoms with E-state index in [0.717, 1.165) is 12.1 Å². The van der Waals surface area contributed by atoms with Gasteiger partial charge in [0.2, 0.25) is 0 Å². The zero-order valence-corrected chi connectivity index (χ0v) is 11.7. The molecule has 0 radical (unpaired) electrons. The average Bonchev–Trinajstić information content (AvgIpc) is 2.35. The number of hydrogen-bond acceptors (Lipinski definition) is 3. The summed E-state index contributed by atoms with van der Waals surface area (Å²) >= 11 is 0. The summed E-state index contributed by atoms with van der Waals surface area (Å²) in [6.07, 6.45) is 0.448. The fourth-order valence-corrected chi connectivity index (χ4v) is 2.91. The molecule has 0 aromatic heterocycles. The van der Waals surface area contributed by atoms with E-state index in [1.807, 2.05) is 0 Å². The van der Waals surface area contributed by atoms with E-state index in [9.17, 15) is 26.0 Å². The number of sulfone groups is 1. The summed E-state index contributed by atoms with van der Waals surface area (Å²) in [5.74, 6) is -1.69. The van der Waals surface area contributed by atoms with E-state index in [1.165, 1.54) is 6.92 Å². The summed E-state index contributed by atoms with van der Waals surface area (Å²) in [5, 5.41) is 0. The summed E-state index contributed by atoms with van der Waals surface area (Å²) in [5.41, 5.74) is 0.131. The van der Waals surface area contributed by atoms with Crippen molar-refractivity contribution in [3.05, 3.63) is 29.6 Å². The predicted octanol–water partition coefficient (Wildman–Crippen LogP) is 2.96. The Morgan fingerprint density at radius 2 is 1.85 bits per heavy atom. The monoisotopic (exact) mass is 313 g/mol. The first kappa shape index (κ1) is 16.9. The second kappa shape index (κ2) is 5.69. The van der Waals surface area contributed by atoms with Crippen molar-refractivity contribution in [2.75, 3.05) is 0 Å². The summed E-state index contributed by atoms with van der Waals surface area (Å²) in [6, 6.07) is 1.82. The summed E-state index contributed by atoms with van der Waals surface area (Å²) in [6.45, 7) is 3.24.